The number of anilines is 2. The second-order valence-corrected chi connectivity index (χ2v) is 8.57. The number of carbonyl (C=O) groups is 3. The van der Waals surface area contributed by atoms with Crippen LogP contribution in [0, 0.1) is 0 Å². The zero-order chi connectivity index (χ0) is 26.4. The largest absolute Gasteiger partial charge is 0.497 e. The summed E-state index contributed by atoms with van der Waals surface area (Å²) in [6.07, 6.45) is 3.25. The number of ether oxygens (including phenoxy) is 2. The average Bonchev–Trinajstić information content (AvgIpc) is 3.13. The Morgan fingerprint density at radius 2 is 1.81 bits per heavy atom. The van der Waals surface area contributed by atoms with E-state index in [0.29, 0.717) is 29.2 Å². The fourth-order valence-electron chi connectivity index (χ4n) is 3.96. The first-order chi connectivity index (χ1) is 17.9. The number of methoxy groups -OCH3 is 1. The lowest BCUT2D eigenvalue weighted by Gasteiger charge is -2.24. The summed E-state index contributed by atoms with van der Waals surface area (Å²) >= 11 is 5.71. The lowest BCUT2D eigenvalue weighted by Crippen LogP contribution is -2.37. The van der Waals surface area contributed by atoms with Crippen LogP contribution in [0.5, 0.6) is 5.75 Å². The molecule has 3 aromatic rings. The summed E-state index contributed by atoms with van der Waals surface area (Å²) in [4.78, 5) is 45.8. The highest BCUT2D eigenvalue weighted by Gasteiger charge is 2.44. The van der Waals surface area contributed by atoms with Gasteiger partial charge in [-0.05, 0) is 79.3 Å². The number of benzene rings is 2. The van der Waals surface area contributed by atoms with Crippen molar-refractivity contribution in [2.75, 3.05) is 23.9 Å². The van der Waals surface area contributed by atoms with Crippen LogP contribution in [-0.2, 0) is 20.9 Å². The Morgan fingerprint density at radius 3 is 2.43 bits per heavy atom. The summed E-state index contributed by atoms with van der Waals surface area (Å²) in [6, 6.07) is 16.2. The molecular weight excluding hydrogens is 492 g/mol. The molecule has 2 amide bonds. The predicted octanol–water partition coefficient (Wildman–Crippen LogP) is 3.80. The number of amides is 2. The minimum Gasteiger partial charge on any atom is -0.497 e. The molecule has 190 valence electrons. The van der Waals surface area contributed by atoms with E-state index in [4.69, 9.17) is 21.7 Å². The fourth-order valence-corrected chi connectivity index (χ4v) is 4.35. The van der Waals surface area contributed by atoms with Crippen molar-refractivity contribution in [1.82, 2.24) is 9.88 Å². The summed E-state index contributed by atoms with van der Waals surface area (Å²) in [6.45, 7) is 2.30. The Hall–Kier alpha value is -4.31. The first-order valence-electron chi connectivity index (χ1n) is 11.7. The van der Waals surface area contributed by atoms with Gasteiger partial charge in [-0.3, -0.25) is 19.5 Å². The van der Waals surface area contributed by atoms with E-state index in [1.54, 1.807) is 85.9 Å². The van der Waals surface area contributed by atoms with E-state index < -0.39 is 12.0 Å². The molecule has 10 heteroatoms. The molecule has 1 atom stereocenters. The van der Waals surface area contributed by atoms with Crippen molar-refractivity contribution in [3.8, 4) is 5.75 Å². The maximum atomic E-state index is 13.6. The van der Waals surface area contributed by atoms with Gasteiger partial charge in [-0.25, -0.2) is 4.79 Å². The molecule has 0 saturated carbocycles. The first-order valence-corrected chi connectivity index (χ1v) is 12.1. The van der Waals surface area contributed by atoms with Gasteiger partial charge in [0, 0.05) is 24.6 Å². The molecule has 0 aliphatic carbocycles. The van der Waals surface area contributed by atoms with Crippen molar-refractivity contribution in [2.24, 2.45) is 0 Å². The van der Waals surface area contributed by atoms with E-state index in [2.05, 4.69) is 10.3 Å². The second-order valence-electron chi connectivity index (χ2n) is 8.21. The molecule has 0 spiro atoms. The molecule has 2 heterocycles. The summed E-state index contributed by atoms with van der Waals surface area (Å²) < 4.78 is 10.2. The molecule has 9 nitrogen and oxygen atoms in total. The van der Waals surface area contributed by atoms with Gasteiger partial charge >= 0.3 is 5.97 Å². The smallest absolute Gasteiger partial charge is 0.338 e. The van der Waals surface area contributed by atoms with Crippen LogP contribution >= 0.6 is 12.2 Å². The Balaban J connectivity index is 1.57. The van der Waals surface area contributed by atoms with E-state index in [1.807, 2.05) is 6.07 Å². The number of carbonyl (C=O) groups excluding carboxylic acids is 3. The highest BCUT2D eigenvalue weighted by molar-refractivity contribution is 7.80. The molecule has 1 aliphatic rings. The summed E-state index contributed by atoms with van der Waals surface area (Å²) in [5.74, 6) is -0.443. The number of nitrogens with one attached hydrogen (secondary N) is 1. The van der Waals surface area contributed by atoms with Gasteiger partial charge in [0.25, 0.3) is 5.91 Å². The maximum Gasteiger partial charge on any atom is 0.338 e. The lowest BCUT2D eigenvalue weighted by molar-refractivity contribution is -0.124. The molecule has 0 radical (unpaired) electrons. The molecular formula is C27H26N4O5S. The van der Waals surface area contributed by atoms with Crippen LogP contribution in [0.4, 0.5) is 11.4 Å². The third-order valence-electron chi connectivity index (χ3n) is 5.78. The van der Waals surface area contributed by atoms with Gasteiger partial charge < -0.3 is 19.7 Å². The maximum absolute atomic E-state index is 13.6. The molecule has 4 rings (SSSR count). The number of hydrogen-bond acceptors (Lipinski definition) is 7. The van der Waals surface area contributed by atoms with Crippen molar-refractivity contribution < 1.29 is 23.9 Å². The number of nitrogens with zero attached hydrogens (tertiary/aromatic N) is 3. The minimum atomic E-state index is -0.823. The van der Waals surface area contributed by atoms with Crippen LogP contribution < -0.4 is 15.0 Å². The van der Waals surface area contributed by atoms with E-state index in [1.165, 1.54) is 4.90 Å². The van der Waals surface area contributed by atoms with Gasteiger partial charge in [0.15, 0.2) is 5.11 Å². The lowest BCUT2D eigenvalue weighted by atomic mass is 10.1. The van der Waals surface area contributed by atoms with E-state index >= 15 is 0 Å². The predicted molar refractivity (Wildman–Crippen MR) is 142 cm³/mol. The normalized spacial score (nSPS) is 15.0. The van der Waals surface area contributed by atoms with Crippen LogP contribution in [0.15, 0.2) is 73.1 Å². The number of hydrogen-bond donors (Lipinski definition) is 1. The SMILES string of the molecule is CCOC(=O)c1ccc(N2C(=O)[C@@H](CC(=O)Nc3ccc(OC)cc3)N(Cc3cccnc3)C2=S)cc1. The molecule has 1 aliphatic heterocycles. The van der Waals surface area contributed by atoms with Gasteiger partial charge in [-0.1, -0.05) is 6.07 Å². The number of pyridine rings is 1. The Morgan fingerprint density at radius 1 is 1.08 bits per heavy atom. The van der Waals surface area contributed by atoms with Gasteiger partial charge in [-0.2, -0.15) is 0 Å². The summed E-state index contributed by atoms with van der Waals surface area (Å²) in [7, 11) is 1.56. The third-order valence-corrected chi connectivity index (χ3v) is 6.20. The standard InChI is InChI=1S/C27H26N4O5S/c1-3-36-26(34)19-6-10-21(11-7-19)31-25(33)23(30(27(31)37)17-18-5-4-14-28-16-18)15-24(32)29-20-8-12-22(35-2)13-9-20/h4-14,16,23H,3,15,17H2,1-2H3,(H,29,32)/t23-/m1/s1. The van der Waals surface area contributed by atoms with E-state index in [0.717, 1.165) is 5.56 Å². The van der Waals surface area contributed by atoms with Crippen LogP contribution in [0.3, 0.4) is 0 Å². The minimum absolute atomic E-state index is 0.108. The van der Waals surface area contributed by atoms with Crippen LogP contribution in [0.1, 0.15) is 29.3 Å². The Labute approximate surface area is 220 Å². The van der Waals surface area contributed by atoms with Crippen LogP contribution in [0.2, 0.25) is 0 Å². The van der Waals surface area contributed by atoms with Crippen molar-refractivity contribution >= 4 is 46.5 Å². The highest BCUT2D eigenvalue weighted by Crippen LogP contribution is 2.29. The van der Waals surface area contributed by atoms with Crippen molar-refractivity contribution in [2.45, 2.75) is 25.9 Å². The second kappa shape index (κ2) is 11.6. The summed E-state index contributed by atoms with van der Waals surface area (Å²) in [5.41, 5.74) is 2.30. The average molecular weight is 519 g/mol. The quantitative estimate of drug-likeness (QED) is 0.337. The third kappa shape index (κ3) is 5.92. The van der Waals surface area contributed by atoms with Crippen molar-refractivity contribution in [3.63, 3.8) is 0 Å². The fraction of sp³-hybridized carbons (Fsp3) is 0.222. The molecule has 1 N–H and O–H groups in total. The molecule has 1 fully saturated rings. The summed E-state index contributed by atoms with van der Waals surface area (Å²) in [5, 5.41) is 3.09. The van der Waals surface area contributed by atoms with Gasteiger partial charge in [0.05, 0.1) is 31.4 Å². The first kappa shape index (κ1) is 25.8. The number of rotatable bonds is 9. The zero-order valence-electron chi connectivity index (χ0n) is 20.4. The van der Waals surface area contributed by atoms with E-state index in [-0.39, 0.29) is 30.0 Å². The number of aromatic nitrogens is 1. The molecule has 2 aromatic carbocycles. The molecule has 37 heavy (non-hydrogen) atoms. The molecule has 0 unspecified atom stereocenters. The van der Waals surface area contributed by atoms with Crippen LogP contribution in [-0.4, -0.2) is 52.5 Å². The van der Waals surface area contributed by atoms with Crippen molar-refractivity contribution in [3.05, 3.63) is 84.2 Å². The van der Waals surface area contributed by atoms with E-state index in [9.17, 15) is 14.4 Å². The highest BCUT2D eigenvalue weighted by atomic mass is 32.1. The van der Waals surface area contributed by atoms with Gasteiger partial charge in [-0.15, -0.1) is 0 Å². The monoisotopic (exact) mass is 518 g/mol. The van der Waals surface area contributed by atoms with Gasteiger partial charge in [0.1, 0.15) is 11.8 Å². The number of esters is 1. The van der Waals surface area contributed by atoms with Gasteiger partial charge in [0.2, 0.25) is 5.91 Å². The zero-order valence-corrected chi connectivity index (χ0v) is 21.2. The van der Waals surface area contributed by atoms with Crippen LogP contribution in [0.25, 0.3) is 0 Å². The Kier molecular flexibility index (Phi) is 8.09. The van der Waals surface area contributed by atoms with Crippen molar-refractivity contribution in [1.29, 1.82) is 0 Å². The number of thiocarbonyl (C=S) groups is 1. The molecule has 1 aromatic heterocycles. The Bertz CT molecular complexity index is 1280. The molecule has 1 saturated heterocycles. The topological polar surface area (TPSA) is 101 Å². The molecule has 0 bridgehead atoms.